The lowest BCUT2D eigenvalue weighted by Gasteiger charge is -2.10. The number of rotatable bonds is 6. The highest BCUT2D eigenvalue weighted by Gasteiger charge is 2.13. The molecule has 1 rings (SSSR count). The van der Waals surface area contributed by atoms with Crippen molar-refractivity contribution < 1.29 is 8.42 Å². The predicted octanol–water partition coefficient (Wildman–Crippen LogP) is -0.416. The Hall–Kier alpha value is -0.670. The molecule has 0 saturated heterocycles. The van der Waals surface area contributed by atoms with Crippen molar-refractivity contribution >= 4 is 21.8 Å². The molecule has 0 amide bonds. The van der Waals surface area contributed by atoms with Crippen molar-refractivity contribution in [2.24, 2.45) is 7.05 Å². The Balaban J connectivity index is 2.30. The van der Waals surface area contributed by atoms with E-state index in [4.69, 9.17) is 0 Å². The van der Waals surface area contributed by atoms with E-state index in [1.807, 2.05) is 0 Å². The van der Waals surface area contributed by atoms with E-state index in [-0.39, 0.29) is 5.75 Å². The van der Waals surface area contributed by atoms with Crippen molar-refractivity contribution in [2.75, 3.05) is 25.6 Å². The summed E-state index contributed by atoms with van der Waals surface area (Å²) in [5, 5.41) is 11.7. The first kappa shape index (κ1) is 13.4. The van der Waals surface area contributed by atoms with E-state index in [1.54, 1.807) is 11.7 Å². The molecule has 0 fully saturated rings. The number of hydrogen-bond donors (Lipinski definition) is 0. The van der Waals surface area contributed by atoms with Gasteiger partial charge >= 0.3 is 0 Å². The Morgan fingerprint density at radius 3 is 2.62 bits per heavy atom. The number of nitrogens with zero attached hydrogens (tertiary/aromatic N) is 5. The number of thioether (sulfide) groups is 1. The molecule has 7 nitrogen and oxygen atoms in total. The lowest BCUT2D eigenvalue weighted by Crippen LogP contribution is -2.25. The molecule has 92 valence electrons. The van der Waals surface area contributed by atoms with E-state index in [0.717, 1.165) is 0 Å². The summed E-state index contributed by atoms with van der Waals surface area (Å²) in [4.78, 5) is 0. The molecule has 0 spiro atoms. The fourth-order valence-electron chi connectivity index (χ4n) is 0.931. The van der Waals surface area contributed by atoms with Gasteiger partial charge in [0.05, 0.1) is 5.75 Å². The van der Waals surface area contributed by atoms with Crippen LogP contribution in [0.3, 0.4) is 0 Å². The maximum Gasteiger partial charge on any atom is 0.213 e. The smallest absolute Gasteiger partial charge is 0.213 e. The van der Waals surface area contributed by atoms with E-state index in [9.17, 15) is 8.42 Å². The average Bonchev–Trinajstić information content (AvgIpc) is 2.59. The summed E-state index contributed by atoms with van der Waals surface area (Å²) >= 11 is 1.45. The Morgan fingerprint density at radius 1 is 1.44 bits per heavy atom. The largest absolute Gasteiger partial charge is 0.224 e. The number of hydrogen-bond acceptors (Lipinski definition) is 6. The highest BCUT2D eigenvalue weighted by atomic mass is 32.2. The molecule has 0 atom stereocenters. The Labute approximate surface area is 99.2 Å². The van der Waals surface area contributed by atoms with Crippen molar-refractivity contribution in [3.63, 3.8) is 0 Å². The highest BCUT2D eigenvalue weighted by molar-refractivity contribution is 7.99. The van der Waals surface area contributed by atoms with Crippen molar-refractivity contribution in [1.29, 1.82) is 0 Å². The molecule has 0 bridgehead atoms. The normalized spacial score (nSPS) is 12.2. The standard InChI is InChI=1S/C7H15N5O2S2/c1-11(2)16(13,14)6-4-5-15-7-8-9-10-12(7)3/h4-6H2,1-3H3. The first-order valence-electron chi connectivity index (χ1n) is 4.69. The van der Waals surface area contributed by atoms with Crippen LogP contribution in [0.2, 0.25) is 0 Å². The third kappa shape index (κ3) is 3.72. The van der Waals surface area contributed by atoms with Crippen LogP contribution in [0.5, 0.6) is 0 Å². The van der Waals surface area contributed by atoms with Crippen LogP contribution in [-0.2, 0) is 17.1 Å². The SMILES string of the molecule is CN(C)S(=O)(=O)CCCSc1nnnn1C. The van der Waals surface area contributed by atoms with E-state index in [0.29, 0.717) is 17.3 Å². The van der Waals surface area contributed by atoms with Gasteiger partial charge in [0.2, 0.25) is 15.2 Å². The van der Waals surface area contributed by atoms with Crippen molar-refractivity contribution in [3.8, 4) is 0 Å². The first-order valence-corrected chi connectivity index (χ1v) is 7.28. The van der Waals surface area contributed by atoms with E-state index >= 15 is 0 Å². The zero-order valence-corrected chi connectivity index (χ0v) is 11.1. The van der Waals surface area contributed by atoms with Gasteiger partial charge in [-0.2, -0.15) is 0 Å². The quantitative estimate of drug-likeness (QED) is 0.513. The molecular formula is C7H15N5O2S2. The van der Waals surface area contributed by atoms with Gasteiger partial charge in [0.1, 0.15) is 0 Å². The molecular weight excluding hydrogens is 250 g/mol. The van der Waals surface area contributed by atoms with Crippen LogP contribution in [-0.4, -0.2) is 58.5 Å². The number of aromatic nitrogens is 4. The van der Waals surface area contributed by atoms with Crippen LogP contribution in [0.1, 0.15) is 6.42 Å². The molecule has 0 saturated carbocycles. The molecule has 1 aromatic rings. The molecule has 1 aromatic heterocycles. The van der Waals surface area contributed by atoms with Gasteiger partial charge in [-0.3, -0.25) is 0 Å². The zero-order chi connectivity index (χ0) is 12.2. The summed E-state index contributed by atoms with van der Waals surface area (Å²) in [7, 11) is 1.73. The predicted molar refractivity (Wildman–Crippen MR) is 61.6 cm³/mol. The molecule has 0 N–H and O–H groups in total. The summed E-state index contributed by atoms with van der Waals surface area (Å²) < 4.78 is 25.7. The van der Waals surface area contributed by atoms with Crippen LogP contribution in [0.25, 0.3) is 0 Å². The lowest BCUT2D eigenvalue weighted by molar-refractivity contribution is 0.520. The summed E-state index contributed by atoms with van der Waals surface area (Å²) in [5.74, 6) is 0.833. The third-order valence-electron chi connectivity index (χ3n) is 1.92. The van der Waals surface area contributed by atoms with E-state index < -0.39 is 10.0 Å². The molecule has 0 aliphatic heterocycles. The maximum absolute atomic E-state index is 11.4. The van der Waals surface area contributed by atoms with Gasteiger partial charge in [-0.25, -0.2) is 17.4 Å². The summed E-state index contributed by atoms with van der Waals surface area (Å²) in [5.41, 5.74) is 0. The topological polar surface area (TPSA) is 81.0 Å². The van der Waals surface area contributed by atoms with Crippen molar-refractivity contribution in [2.45, 2.75) is 11.6 Å². The van der Waals surface area contributed by atoms with Gasteiger partial charge in [0, 0.05) is 26.9 Å². The molecule has 0 aromatic carbocycles. The monoisotopic (exact) mass is 265 g/mol. The minimum atomic E-state index is -3.09. The second kappa shape index (κ2) is 5.60. The fraction of sp³-hybridized carbons (Fsp3) is 0.857. The minimum absolute atomic E-state index is 0.151. The van der Waals surface area contributed by atoms with Gasteiger partial charge in [0.15, 0.2) is 0 Å². The molecule has 1 heterocycles. The van der Waals surface area contributed by atoms with Gasteiger partial charge in [-0.1, -0.05) is 11.8 Å². The number of aryl methyl sites for hydroxylation is 1. The second-order valence-electron chi connectivity index (χ2n) is 3.39. The highest BCUT2D eigenvalue weighted by Crippen LogP contribution is 2.14. The van der Waals surface area contributed by atoms with Crippen LogP contribution >= 0.6 is 11.8 Å². The van der Waals surface area contributed by atoms with Gasteiger partial charge in [-0.05, 0) is 16.8 Å². The summed E-state index contributed by atoms with van der Waals surface area (Å²) in [6.45, 7) is 0. The summed E-state index contributed by atoms with van der Waals surface area (Å²) in [6, 6.07) is 0. The fourth-order valence-corrected chi connectivity index (χ4v) is 2.78. The molecule has 16 heavy (non-hydrogen) atoms. The van der Waals surface area contributed by atoms with Crippen LogP contribution < -0.4 is 0 Å². The van der Waals surface area contributed by atoms with Crippen LogP contribution in [0.4, 0.5) is 0 Å². The second-order valence-corrected chi connectivity index (χ2v) is 6.75. The van der Waals surface area contributed by atoms with Gasteiger partial charge in [0.25, 0.3) is 0 Å². The molecule has 0 aliphatic rings. The Kier molecular flexibility index (Phi) is 4.69. The first-order chi connectivity index (χ1) is 7.43. The molecule has 0 unspecified atom stereocenters. The minimum Gasteiger partial charge on any atom is -0.224 e. The third-order valence-corrected chi connectivity index (χ3v) is 4.93. The van der Waals surface area contributed by atoms with E-state index in [2.05, 4.69) is 15.5 Å². The maximum atomic E-state index is 11.4. The van der Waals surface area contributed by atoms with Crippen LogP contribution in [0.15, 0.2) is 5.16 Å². The van der Waals surface area contributed by atoms with Crippen molar-refractivity contribution in [1.82, 2.24) is 24.5 Å². The number of sulfonamides is 1. The van der Waals surface area contributed by atoms with E-state index in [1.165, 1.54) is 30.2 Å². The molecule has 0 aliphatic carbocycles. The molecule has 0 radical (unpaired) electrons. The Bertz CT molecular complexity index is 428. The zero-order valence-electron chi connectivity index (χ0n) is 9.49. The molecule has 9 heteroatoms. The Morgan fingerprint density at radius 2 is 2.12 bits per heavy atom. The van der Waals surface area contributed by atoms with Gasteiger partial charge in [-0.15, -0.1) is 5.10 Å². The van der Waals surface area contributed by atoms with Crippen LogP contribution in [0, 0.1) is 0 Å². The van der Waals surface area contributed by atoms with Crippen molar-refractivity contribution in [3.05, 3.63) is 0 Å². The number of tetrazole rings is 1. The summed E-state index contributed by atoms with van der Waals surface area (Å²) in [6.07, 6.45) is 0.581. The average molecular weight is 265 g/mol. The lowest BCUT2D eigenvalue weighted by atomic mass is 10.6. The van der Waals surface area contributed by atoms with Gasteiger partial charge < -0.3 is 0 Å².